The molecule has 0 spiro atoms. The Kier molecular flexibility index (Phi) is 5.31. The number of halogens is 3. The monoisotopic (exact) mass is 374 g/mol. The van der Waals surface area contributed by atoms with Crippen molar-refractivity contribution < 1.29 is 31.1 Å². The fourth-order valence-electron chi connectivity index (χ4n) is 2.02. The number of ether oxygens (including phenoxy) is 1. The van der Waals surface area contributed by atoms with Gasteiger partial charge in [-0.1, -0.05) is 6.07 Å². The molecular formula is C15H13F3N2O4S. The standard InChI is InChI=1S/C15H13F3N2O4S/c1-24-13-6-5-10(8-11(13)12-4-2-3-7-19-12)14(21)20-25(22,23)9-15(16,17)18/h2-8H,9H2,1H3,(H,20,21). The zero-order valence-corrected chi connectivity index (χ0v) is 13.7. The molecule has 10 heteroatoms. The average molecular weight is 374 g/mol. The van der Waals surface area contributed by atoms with Gasteiger partial charge in [0.25, 0.3) is 5.91 Å². The normalized spacial score (nSPS) is 11.8. The van der Waals surface area contributed by atoms with Crippen molar-refractivity contribution in [2.45, 2.75) is 6.18 Å². The van der Waals surface area contributed by atoms with Gasteiger partial charge >= 0.3 is 6.18 Å². The third-order valence-electron chi connectivity index (χ3n) is 3.00. The van der Waals surface area contributed by atoms with Crippen molar-refractivity contribution in [2.24, 2.45) is 0 Å². The summed E-state index contributed by atoms with van der Waals surface area (Å²) in [5.74, 6) is -2.95. The summed E-state index contributed by atoms with van der Waals surface area (Å²) < 4.78 is 66.1. The van der Waals surface area contributed by atoms with E-state index in [0.717, 1.165) is 0 Å². The second-order valence-corrected chi connectivity index (χ2v) is 6.66. The number of rotatable bonds is 5. The van der Waals surface area contributed by atoms with Crippen molar-refractivity contribution in [1.82, 2.24) is 9.71 Å². The van der Waals surface area contributed by atoms with Gasteiger partial charge < -0.3 is 4.74 Å². The quantitative estimate of drug-likeness (QED) is 0.869. The lowest BCUT2D eigenvalue weighted by atomic mass is 10.1. The zero-order valence-electron chi connectivity index (χ0n) is 12.9. The minimum Gasteiger partial charge on any atom is -0.496 e. The highest BCUT2D eigenvalue weighted by Gasteiger charge is 2.36. The van der Waals surface area contributed by atoms with Crippen LogP contribution < -0.4 is 9.46 Å². The lowest BCUT2D eigenvalue weighted by Gasteiger charge is -2.12. The Labute approximate surface area is 141 Å². The maximum atomic E-state index is 12.2. The number of sulfonamides is 1. The summed E-state index contributed by atoms with van der Waals surface area (Å²) in [5, 5.41) is 0. The molecule has 0 aliphatic heterocycles. The Balaban J connectivity index is 2.33. The van der Waals surface area contributed by atoms with Gasteiger partial charge in [-0.3, -0.25) is 9.78 Å². The van der Waals surface area contributed by atoms with Gasteiger partial charge in [-0.25, -0.2) is 13.1 Å². The molecule has 1 heterocycles. The second-order valence-electron chi connectivity index (χ2n) is 4.94. The third kappa shape index (κ3) is 5.18. The molecule has 2 aromatic rings. The molecule has 0 unspecified atom stereocenters. The first-order chi connectivity index (χ1) is 11.6. The molecule has 0 atom stereocenters. The number of nitrogens with zero attached hydrogens (tertiary/aromatic N) is 1. The van der Waals surface area contributed by atoms with Crippen LogP contribution in [-0.4, -0.2) is 38.3 Å². The van der Waals surface area contributed by atoms with Crippen LogP contribution in [0.1, 0.15) is 10.4 Å². The average Bonchev–Trinajstić information content (AvgIpc) is 2.52. The highest BCUT2D eigenvalue weighted by atomic mass is 32.2. The van der Waals surface area contributed by atoms with E-state index in [0.29, 0.717) is 17.0 Å². The lowest BCUT2D eigenvalue weighted by Crippen LogP contribution is -2.37. The Morgan fingerprint density at radius 2 is 1.96 bits per heavy atom. The highest BCUT2D eigenvalue weighted by molar-refractivity contribution is 7.90. The predicted molar refractivity (Wildman–Crippen MR) is 83.5 cm³/mol. The summed E-state index contributed by atoms with van der Waals surface area (Å²) in [6.45, 7) is 0. The topological polar surface area (TPSA) is 85.4 Å². The highest BCUT2D eigenvalue weighted by Crippen LogP contribution is 2.29. The van der Waals surface area contributed by atoms with Crippen LogP contribution >= 0.6 is 0 Å². The van der Waals surface area contributed by atoms with E-state index >= 15 is 0 Å². The number of amides is 1. The van der Waals surface area contributed by atoms with Gasteiger partial charge in [-0.05, 0) is 30.3 Å². The number of benzene rings is 1. The minimum atomic E-state index is -4.95. The van der Waals surface area contributed by atoms with Crippen LogP contribution in [-0.2, 0) is 10.0 Å². The first-order valence-corrected chi connectivity index (χ1v) is 8.47. The molecule has 6 nitrogen and oxygen atoms in total. The van der Waals surface area contributed by atoms with E-state index < -0.39 is 27.9 Å². The molecule has 0 bridgehead atoms. The molecule has 1 aromatic heterocycles. The first-order valence-electron chi connectivity index (χ1n) is 6.82. The molecule has 0 aliphatic rings. The molecule has 25 heavy (non-hydrogen) atoms. The number of hydrogen-bond acceptors (Lipinski definition) is 5. The summed E-state index contributed by atoms with van der Waals surface area (Å²) in [6.07, 6.45) is -3.44. The number of pyridine rings is 1. The first kappa shape index (κ1) is 18.7. The number of carbonyl (C=O) groups excluding carboxylic acids is 1. The number of carbonyl (C=O) groups is 1. The van der Waals surface area contributed by atoms with Crippen LogP contribution in [0.4, 0.5) is 13.2 Å². The molecule has 2 rings (SSSR count). The van der Waals surface area contributed by atoms with Gasteiger partial charge in [0.15, 0.2) is 5.75 Å². The summed E-state index contributed by atoms with van der Waals surface area (Å²) in [6, 6.07) is 8.94. The van der Waals surface area contributed by atoms with Gasteiger partial charge in [0, 0.05) is 17.3 Å². The Morgan fingerprint density at radius 3 is 2.52 bits per heavy atom. The molecule has 134 valence electrons. The van der Waals surface area contributed by atoms with Gasteiger partial charge in [-0.15, -0.1) is 0 Å². The van der Waals surface area contributed by atoms with Crippen molar-refractivity contribution >= 4 is 15.9 Å². The van der Waals surface area contributed by atoms with Crippen LogP contribution in [0.5, 0.6) is 5.75 Å². The van der Waals surface area contributed by atoms with Crippen molar-refractivity contribution in [3.05, 3.63) is 48.2 Å². The number of nitrogens with one attached hydrogen (secondary N) is 1. The Hall–Kier alpha value is -2.62. The largest absolute Gasteiger partial charge is 0.496 e. The van der Waals surface area contributed by atoms with E-state index in [1.165, 1.54) is 36.2 Å². The van der Waals surface area contributed by atoms with Gasteiger partial charge in [0.2, 0.25) is 10.0 Å². The number of alkyl halides is 3. The second kappa shape index (κ2) is 7.09. The molecule has 0 saturated carbocycles. The van der Waals surface area contributed by atoms with Gasteiger partial charge in [0.05, 0.1) is 12.8 Å². The SMILES string of the molecule is COc1ccc(C(=O)NS(=O)(=O)CC(F)(F)F)cc1-c1ccccn1. The van der Waals surface area contributed by atoms with Crippen LogP contribution in [0.15, 0.2) is 42.6 Å². The minimum absolute atomic E-state index is 0.146. The molecule has 0 aliphatic carbocycles. The molecule has 1 aromatic carbocycles. The van der Waals surface area contributed by atoms with Crippen molar-refractivity contribution in [3.8, 4) is 17.0 Å². The smallest absolute Gasteiger partial charge is 0.404 e. The number of methoxy groups -OCH3 is 1. The molecule has 0 saturated heterocycles. The molecule has 1 N–H and O–H groups in total. The predicted octanol–water partition coefficient (Wildman–Crippen LogP) is 2.38. The zero-order chi connectivity index (χ0) is 18.7. The fraction of sp³-hybridized carbons (Fsp3) is 0.200. The third-order valence-corrected chi connectivity index (χ3v) is 4.21. The number of aromatic nitrogens is 1. The van der Waals surface area contributed by atoms with E-state index in [4.69, 9.17) is 4.74 Å². The molecule has 0 fully saturated rings. The van der Waals surface area contributed by atoms with E-state index in [1.54, 1.807) is 18.2 Å². The van der Waals surface area contributed by atoms with E-state index in [-0.39, 0.29) is 5.56 Å². The van der Waals surface area contributed by atoms with Crippen LogP contribution in [0.25, 0.3) is 11.3 Å². The van der Waals surface area contributed by atoms with Crippen molar-refractivity contribution in [2.75, 3.05) is 12.9 Å². The van der Waals surface area contributed by atoms with Gasteiger partial charge in [0.1, 0.15) is 5.75 Å². The lowest BCUT2D eigenvalue weighted by molar-refractivity contribution is -0.106. The van der Waals surface area contributed by atoms with E-state index in [2.05, 4.69) is 4.98 Å². The maximum absolute atomic E-state index is 12.2. The van der Waals surface area contributed by atoms with Crippen molar-refractivity contribution in [1.29, 1.82) is 0 Å². The van der Waals surface area contributed by atoms with Crippen molar-refractivity contribution in [3.63, 3.8) is 0 Å². The van der Waals surface area contributed by atoms with Crippen LogP contribution in [0.2, 0.25) is 0 Å². The fourth-order valence-corrected chi connectivity index (χ4v) is 2.93. The van der Waals surface area contributed by atoms with E-state index in [1.807, 2.05) is 0 Å². The molecular weight excluding hydrogens is 361 g/mol. The van der Waals surface area contributed by atoms with Crippen LogP contribution in [0, 0.1) is 0 Å². The summed E-state index contributed by atoms with van der Waals surface area (Å²) in [7, 11) is -3.45. The summed E-state index contributed by atoms with van der Waals surface area (Å²) in [4.78, 5) is 16.1. The Bertz CT molecular complexity index is 868. The molecule has 1 amide bonds. The Morgan fingerprint density at radius 1 is 1.24 bits per heavy atom. The maximum Gasteiger partial charge on any atom is 0.404 e. The van der Waals surface area contributed by atoms with Gasteiger partial charge in [-0.2, -0.15) is 13.2 Å². The molecule has 0 radical (unpaired) electrons. The summed E-state index contributed by atoms with van der Waals surface area (Å²) >= 11 is 0. The summed E-state index contributed by atoms with van der Waals surface area (Å²) in [5.41, 5.74) is 0.698. The van der Waals surface area contributed by atoms with Crippen LogP contribution in [0.3, 0.4) is 0 Å². The number of hydrogen-bond donors (Lipinski definition) is 1. The van der Waals surface area contributed by atoms with E-state index in [9.17, 15) is 26.4 Å².